The number of hydrogen-bond donors (Lipinski definition) is 2. The third-order valence-electron chi connectivity index (χ3n) is 4.79. The summed E-state index contributed by atoms with van der Waals surface area (Å²) < 4.78 is 1.48. The van der Waals surface area contributed by atoms with Gasteiger partial charge in [-0.15, -0.1) is 5.10 Å². The van der Waals surface area contributed by atoms with Crippen LogP contribution in [-0.2, 0) is 11.3 Å². The Labute approximate surface area is 157 Å². The number of hydrogen-bond acceptors (Lipinski definition) is 6. The second-order valence-corrected chi connectivity index (χ2v) is 7.10. The molecule has 1 aliphatic heterocycles. The van der Waals surface area contributed by atoms with Gasteiger partial charge in [0, 0.05) is 43.1 Å². The number of likely N-dealkylation sites (tertiary alicyclic amines) is 1. The zero-order valence-corrected chi connectivity index (χ0v) is 15.6. The Bertz CT molecular complexity index is 810. The molecule has 3 heterocycles. The lowest BCUT2D eigenvalue weighted by Gasteiger charge is -2.34. The molecule has 3 N–H and O–H groups in total. The van der Waals surface area contributed by atoms with Crippen molar-refractivity contribution >= 4 is 11.8 Å². The molecule has 2 aromatic heterocycles. The average Bonchev–Trinajstić information content (AvgIpc) is 3.10. The van der Waals surface area contributed by atoms with Crippen molar-refractivity contribution in [3.8, 4) is 11.3 Å². The van der Waals surface area contributed by atoms with Gasteiger partial charge in [-0.3, -0.25) is 14.6 Å². The van der Waals surface area contributed by atoms with Crippen molar-refractivity contribution in [3.63, 3.8) is 0 Å². The number of nitrogens with zero attached hydrogens (tertiary/aromatic N) is 5. The molecule has 1 fully saturated rings. The lowest BCUT2D eigenvalue weighted by molar-refractivity contribution is -0.122. The van der Waals surface area contributed by atoms with Crippen molar-refractivity contribution in [1.82, 2.24) is 30.2 Å². The molecule has 0 atom stereocenters. The highest BCUT2D eigenvalue weighted by Gasteiger charge is 2.22. The van der Waals surface area contributed by atoms with Gasteiger partial charge in [-0.1, -0.05) is 5.21 Å². The van der Waals surface area contributed by atoms with E-state index in [4.69, 9.17) is 5.73 Å². The number of carbonyl (C=O) groups is 2. The summed E-state index contributed by atoms with van der Waals surface area (Å²) in [7, 11) is 0. The minimum Gasteiger partial charge on any atom is -0.366 e. The molecule has 1 aliphatic rings. The number of nitrogens with one attached hydrogen (secondary N) is 1. The van der Waals surface area contributed by atoms with E-state index in [-0.39, 0.29) is 18.5 Å². The number of pyridine rings is 1. The Balaban J connectivity index is 1.55. The first-order valence-corrected chi connectivity index (χ1v) is 9.11. The Morgan fingerprint density at radius 3 is 2.70 bits per heavy atom. The van der Waals surface area contributed by atoms with E-state index in [1.165, 1.54) is 10.9 Å². The molecule has 27 heavy (non-hydrogen) atoms. The molecule has 144 valence electrons. The number of rotatable bonds is 6. The molecular formula is C18H25N7O2. The van der Waals surface area contributed by atoms with Crippen molar-refractivity contribution < 1.29 is 9.59 Å². The van der Waals surface area contributed by atoms with E-state index in [0.29, 0.717) is 22.9 Å². The Morgan fingerprint density at radius 2 is 2.04 bits per heavy atom. The largest absolute Gasteiger partial charge is 0.366 e. The standard InChI is InChI=1S/C18H25N7O2/c1-12(2)24-5-3-15(4-6-24)21-17(26)11-25-10-16(22-23-25)13-7-14(18(19)27)9-20-8-13/h7-10,12,15H,3-6,11H2,1-2H3,(H2,19,27)(H,21,26). The maximum Gasteiger partial charge on any atom is 0.250 e. The summed E-state index contributed by atoms with van der Waals surface area (Å²) in [6.07, 6.45) is 6.54. The van der Waals surface area contributed by atoms with Gasteiger partial charge in [0.15, 0.2) is 0 Å². The zero-order valence-electron chi connectivity index (χ0n) is 15.6. The predicted molar refractivity (Wildman–Crippen MR) is 99.6 cm³/mol. The molecule has 1 saturated heterocycles. The molecule has 0 spiro atoms. The first-order valence-electron chi connectivity index (χ1n) is 9.11. The molecule has 0 aromatic carbocycles. The molecule has 0 unspecified atom stereocenters. The number of piperidine rings is 1. The predicted octanol–water partition coefficient (Wildman–Crippen LogP) is 0.428. The average molecular weight is 371 g/mol. The maximum atomic E-state index is 12.3. The van der Waals surface area contributed by atoms with Crippen LogP contribution in [0, 0.1) is 0 Å². The van der Waals surface area contributed by atoms with Crippen molar-refractivity contribution in [2.24, 2.45) is 5.73 Å². The monoisotopic (exact) mass is 371 g/mol. The van der Waals surface area contributed by atoms with Crippen LogP contribution in [0.4, 0.5) is 0 Å². The van der Waals surface area contributed by atoms with Gasteiger partial charge >= 0.3 is 0 Å². The van der Waals surface area contributed by atoms with Crippen LogP contribution in [0.15, 0.2) is 24.7 Å². The van der Waals surface area contributed by atoms with Crippen molar-refractivity contribution in [1.29, 1.82) is 0 Å². The fourth-order valence-electron chi connectivity index (χ4n) is 3.20. The SMILES string of the molecule is CC(C)N1CCC(NC(=O)Cn2cc(-c3cncc(C(N)=O)c3)nn2)CC1. The van der Waals surface area contributed by atoms with E-state index < -0.39 is 5.91 Å². The van der Waals surface area contributed by atoms with Gasteiger partial charge in [0.25, 0.3) is 0 Å². The summed E-state index contributed by atoms with van der Waals surface area (Å²) >= 11 is 0. The fraction of sp³-hybridized carbons (Fsp3) is 0.500. The summed E-state index contributed by atoms with van der Waals surface area (Å²) in [4.78, 5) is 30.0. The van der Waals surface area contributed by atoms with Crippen LogP contribution in [0.2, 0.25) is 0 Å². The van der Waals surface area contributed by atoms with Crippen LogP contribution in [0.3, 0.4) is 0 Å². The van der Waals surface area contributed by atoms with Gasteiger partial charge in [-0.2, -0.15) is 0 Å². The number of aromatic nitrogens is 4. The van der Waals surface area contributed by atoms with Crippen LogP contribution in [0.25, 0.3) is 11.3 Å². The third-order valence-corrected chi connectivity index (χ3v) is 4.79. The van der Waals surface area contributed by atoms with Crippen molar-refractivity contribution in [3.05, 3.63) is 30.2 Å². The molecule has 2 amide bonds. The third kappa shape index (κ3) is 4.88. The summed E-state index contributed by atoms with van der Waals surface area (Å²) in [6, 6.07) is 2.34. The fourth-order valence-corrected chi connectivity index (χ4v) is 3.20. The summed E-state index contributed by atoms with van der Waals surface area (Å²) in [5.41, 5.74) is 6.72. The van der Waals surface area contributed by atoms with Gasteiger partial charge < -0.3 is 16.0 Å². The van der Waals surface area contributed by atoms with Gasteiger partial charge in [-0.25, -0.2) is 4.68 Å². The van der Waals surface area contributed by atoms with Crippen LogP contribution >= 0.6 is 0 Å². The summed E-state index contributed by atoms with van der Waals surface area (Å²) in [6.45, 7) is 6.48. The van der Waals surface area contributed by atoms with E-state index in [9.17, 15) is 9.59 Å². The number of nitrogens with two attached hydrogens (primary N) is 1. The lowest BCUT2D eigenvalue weighted by atomic mass is 10.0. The molecule has 0 aliphatic carbocycles. The maximum absolute atomic E-state index is 12.3. The zero-order chi connectivity index (χ0) is 19.4. The number of carbonyl (C=O) groups excluding carboxylic acids is 2. The van der Waals surface area contributed by atoms with Gasteiger partial charge in [0.2, 0.25) is 11.8 Å². The molecule has 2 aromatic rings. The quantitative estimate of drug-likeness (QED) is 0.760. The van der Waals surface area contributed by atoms with E-state index in [1.807, 2.05) is 0 Å². The first-order chi connectivity index (χ1) is 12.9. The van der Waals surface area contributed by atoms with Gasteiger partial charge in [0.05, 0.1) is 11.8 Å². The molecule has 0 radical (unpaired) electrons. The molecular weight excluding hydrogens is 346 g/mol. The highest BCUT2D eigenvalue weighted by atomic mass is 16.2. The second kappa shape index (κ2) is 8.26. The van der Waals surface area contributed by atoms with E-state index in [2.05, 4.69) is 39.4 Å². The van der Waals surface area contributed by atoms with Crippen molar-refractivity contribution in [2.45, 2.75) is 45.3 Å². The van der Waals surface area contributed by atoms with Crippen molar-refractivity contribution in [2.75, 3.05) is 13.1 Å². The van der Waals surface area contributed by atoms with Gasteiger partial charge in [-0.05, 0) is 32.8 Å². The van der Waals surface area contributed by atoms with Gasteiger partial charge in [0.1, 0.15) is 12.2 Å². The Hall–Kier alpha value is -2.81. The molecule has 0 saturated carbocycles. The Morgan fingerprint density at radius 1 is 1.30 bits per heavy atom. The van der Waals surface area contributed by atoms with E-state index >= 15 is 0 Å². The number of primary amides is 1. The minimum atomic E-state index is -0.556. The molecule has 9 heteroatoms. The van der Waals surface area contributed by atoms with Crippen LogP contribution in [-0.4, -0.2) is 61.9 Å². The van der Waals surface area contributed by atoms with E-state index in [1.54, 1.807) is 18.5 Å². The second-order valence-electron chi connectivity index (χ2n) is 7.10. The molecule has 0 bridgehead atoms. The molecule has 9 nitrogen and oxygen atoms in total. The first kappa shape index (κ1) is 19.0. The highest BCUT2D eigenvalue weighted by molar-refractivity contribution is 5.93. The van der Waals surface area contributed by atoms with Crippen LogP contribution in [0.1, 0.15) is 37.0 Å². The smallest absolute Gasteiger partial charge is 0.250 e. The number of amides is 2. The summed E-state index contributed by atoms with van der Waals surface area (Å²) in [5.74, 6) is -0.641. The van der Waals surface area contributed by atoms with Crippen LogP contribution < -0.4 is 11.1 Å². The highest BCUT2D eigenvalue weighted by Crippen LogP contribution is 2.16. The minimum absolute atomic E-state index is 0.0848. The Kier molecular flexibility index (Phi) is 5.80. The normalized spacial score (nSPS) is 15.8. The topological polar surface area (TPSA) is 119 Å². The molecule has 3 rings (SSSR count). The van der Waals surface area contributed by atoms with E-state index in [0.717, 1.165) is 25.9 Å². The van der Waals surface area contributed by atoms with Crippen LogP contribution in [0.5, 0.6) is 0 Å². The lowest BCUT2D eigenvalue weighted by Crippen LogP contribution is -2.47. The summed E-state index contributed by atoms with van der Waals surface area (Å²) in [5, 5.41) is 11.1.